The van der Waals surface area contributed by atoms with Crippen LogP contribution in [-0.2, 0) is 11.2 Å². The van der Waals surface area contributed by atoms with Gasteiger partial charge in [-0.25, -0.2) is 0 Å². The maximum absolute atomic E-state index is 14.0. The van der Waals surface area contributed by atoms with E-state index in [9.17, 15) is 4.79 Å². The van der Waals surface area contributed by atoms with E-state index < -0.39 is 0 Å². The van der Waals surface area contributed by atoms with Crippen LogP contribution in [0.1, 0.15) is 82.6 Å². The third-order valence-electron chi connectivity index (χ3n) is 9.78. The highest BCUT2D eigenvalue weighted by molar-refractivity contribution is 5.88. The number of rotatable bonds is 7. The molecule has 3 heterocycles. The minimum Gasteiger partial charge on any atom is -0.349 e. The summed E-state index contributed by atoms with van der Waals surface area (Å²) in [7, 11) is 0. The monoisotopic (exact) mass is 530 g/mol. The Balaban J connectivity index is 1.24. The second-order valence-corrected chi connectivity index (χ2v) is 12.7. The predicted octanol–water partition coefficient (Wildman–Crippen LogP) is 3.24. The fourth-order valence-electron chi connectivity index (χ4n) is 7.42. The summed E-state index contributed by atoms with van der Waals surface area (Å²) in [4.78, 5) is 20.4. The van der Waals surface area contributed by atoms with E-state index in [0.717, 1.165) is 12.5 Å². The van der Waals surface area contributed by atoms with Crippen molar-refractivity contribution in [3.05, 3.63) is 48.0 Å². The molecule has 5 fully saturated rings. The number of nitrogens with zero attached hydrogens (tertiary/aromatic N) is 1. The lowest BCUT2D eigenvalue weighted by molar-refractivity contribution is -0.512. The Bertz CT molecular complexity index is 1130. The van der Waals surface area contributed by atoms with Gasteiger partial charge in [-0.2, -0.15) is 0 Å². The Labute approximate surface area is 234 Å². The van der Waals surface area contributed by atoms with Crippen LogP contribution in [0.15, 0.2) is 42.5 Å². The molecule has 2 bridgehead atoms. The van der Waals surface area contributed by atoms with Crippen molar-refractivity contribution in [2.75, 3.05) is 19.6 Å². The van der Waals surface area contributed by atoms with Crippen molar-refractivity contribution in [1.82, 2.24) is 20.9 Å². The van der Waals surface area contributed by atoms with Gasteiger partial charge in [0.1, 0.15) is 0 Å². The van der Waals surface area contributed by atoms with E-state index in [1.807, 2.05) is 0 Å². The van der Waals surface area contributed by atoms with Gasteiger partial charge in [0.25, 0.3) is 5.91 Å². The highest BCUT2D eigenvalue weighted by Crippen LogP contribution is 2.27. The van der Waals surface area contributed by atoms with Crippen LogP contribution in [0.3, 0.4) is 0 Å². The number of hydrogen-bond acceptors (Lipinski definition) is 2. The van der Waals surface area contributed by atoms with E-state index in [1.165, 1.54) is 106 Å². The molecule has 2 aliphatic carbocycles. The Morgan fingerprint density at radius 2 is 1.56 bits per heavy atom. The molecule has 6 heteroatoms. The summed E-state index contributed by atoms with van der Waals surface area (Å²) >= 11 is 0. The average Bonchev–Trinajstić information content (AvgIpc) is 2.98. The van der Waals surface area contributed by atoms with E-state index >= 15 is 0 Å². The van der Waals surface area contributed by atoms with E-state index in [2.05, 4.69) is 68.3 Å². The maximum atomic E-state index is 14.0. The lowest BCUT2D eigenvalue weighted by Crippen LogP contribution is -2.86. The van der Waals surface area contributed by atoms with Crippen molar-refractivity contribution in [2.24, 2.45) is 5.92 Å². The number of amides is 1. The van der Waals surface area contributed by atoms with Gasteiger partial charge >= 0.3 is 5.96 Å². The molecule has 1 unspecified atom stereocenters. The fraction of sp³-hybridized carbons (Fsp3) is 0.636. The van der Waals surface area contributed by atoms with E-state index in [-0.39, 0.29) is 18.0 Å². The van der Waals surface area contributed by atoms with Crippen LogP contribution < -0.4 is 20.9 Å². The minimum absolute atomic E-state index is 0.135. The van der Waals surface area contributed by atoms with Crippen LogP contribution >= 0.6 is 0 Å². The third-order valence-corrected chi connectivity index (χ3v) is 9.78. The van der Waals surface area contributed by atoms with Crippen LogP contribution in [0.5, 0.6) is 0 Å². The van der Waals surface area contributed by atoms with Crippen molar-refractivity contribution in [2.45, 2.75) is 108 Å². The van der Waals surface area contributed by atoms with Crippen molar-refractivity contribution < 1.29 is 9.79 Å². The van der Waals surface area contributed by atoms with Crippen molar-refractivity contribution in [3.63, 3.8) is 0 Å². The van der Waals surface area contributed by atoms with Crippen molar-refractivity contribution in [3.8, 4) is 0 Å². The van der Waals surface area contributed by atoms with Crippen molar-refractivity contribution in [1.29, 1.82) is 0 Å². The van der Waals surface area contributed by atoms with Gasteiger partial charge in [0, 0.05) is 19.0 Å². The molecule has 2 aromatic carbocycles. The molecule has 2 aromatic rings. The molecule has 39 heavy (non-hydrogen) atoms. The zero-order valence-corrected chi connectivity index (χ0v) is 23.6. The van der Waals surface area contributed by atoms with Crippen LogP contribution in [-0.4, -0.2) is 60.6 Å². The molecule has 0 spiro atoms. The maximum Gasteiger partial charge on any atom is 0.344 e. The smallest absolute Gasteiger partial charge is 0.344 e. The van der Waals surface area contributed by atoms with E-state index in [0.29, 0.717) is 24.4 Å². The minimum atomic E-state index is -0.330. The quantitative estimate of drug-likeness (QED) is 0.328. The largest absolute Gasteiger partial charge is 0.349 e. The number of guanidine groups is 1. The summed E-state index contributed by atoms with van der Waals surface area (Å²) in [5.74, 6) is 1.73. The summed E-state index contributed by atoms with van der Waals surface area (Å²) in [5.41, 5.74) is 1.20. The number of carbonyl (C=O) groups excluding carboxylic acids is 1. The summed E-state index contributed by atoms with van der Waals surface area (Å²) in [6, 6.07) is 16.0. The summed E-state index contributed by atoms with van der Waals surface area (Å²) in [6.07, 6.45) is 15.7. The van der Waals surface area contributed by atoms with Crippen LogP contribution in [0.4, 0.5) is 0 Å². The summed E-state index contributed by atoms with van der Waals surface area (Å²) in [6.45, 7) is 3.37. The molecule has 0 radical (unpaired) electrons. The highest BCUT2D eigenvalue weighted by atomic mass is 16.2. The Morgan fingerprint density at radius 3 is 2.28 bits per heavy atom. The molecule has 210 valence electrons. The number of piperidine rings is 3. The molecule has 1 amide bonds. The van der Waals surface area contributed by atoms with Gasteiger partial charge in [-0.3, -0.25) is 20.4 Å². The highest BCUT2D eigenvalue weighted by Gasteiger charge is 2.37. The molecule has 3 saturated heterocycles. The van der Waals surface area contributed by atoms with Gasteiger partial charge in [0.15, 0.2) is 6.04 Å². The molecule has 3 aliphatic heterocycles. The van der Waals surface area contributed by atoms with Gasteiger partial charge in [0.2, 0.25) is 0 Å². The van der Waals surface area contributed by atoms with Gasteiger partial charge in [-0.15, -0.1) is 0 Å². The van der Waals surface area contributed by atoms with Crippen LogP contribution in [0, 0.1) is 5.92 Å². The molecular formula is C33H48N5O+. The van der Waals surface area contributed by atoms with E-state index in [4.69, 9.17) is 0 Å². The molecule has 4 N–H and O–H groups in total. The first kappa shape index (κ1) is 26.6. The molecule has 7 rings (SSSR count). The number of nitrogens with one attached hydrogen (secondary N) is 4. The molecular weight excluding hydrogens is 482 g/mol. The van der Waals surface area contributed by atoms with Crippen molar-refractivity contribution >= 4 is 22.6 Å². The van der Waals surface area contributed by atoms with Gasteiger partial charge in [-0.05, 0) is 73.9 Å². The standard InChI is InChI=1S/C33H47N5O/c39-32(36-31-23-38-19-17-26(31)18-20-38)30(22-24-15-16-25-9-7-8-10-27(25)21-24)37-33(34-28-11-3-1-4-12-28)35-29-13-5-2-6-14-29/h7-10,15-16,21,26,28-31H,1-6,11-14,17-20,22-23H2,(H,36,39)(H2,34,35,37)/p+1/t30-,31?/m0/s1. The molecule has 6 nitrogen and oxygen atoms in total. The Kier molecular flexibility index (Phi) is 8.68. The predicted molar refractivity (Wildman–Crippen MR) is 159 cm³/mol. The third kappa shape index (κ3) is 6.95. The van der Waals surface area contributed by atoms with Gasteiger partial charge in [-0.1, -0.05) is 81.0 Å². The number of fused-ring (bicyclic) bond motifs is 4. The van der Waals surface area contributed by atoms with Crippen LogP contribution in [0.2, 0.25) is 0 Å². The fourth-order valence-corrected chi connectivity index (χ4v) is 7.42. The van der Waals surface area contributed by atoms with Gasteiger partial charge < -0.3 is 10.2 Å². The lowest BCUT2D eigenvalue weighted by Gasteiger charge is -2.45. The normalized spacial score (nSPS) is 27.3. The first-order chi connectivity index (χ1) is 19.2. The molecule has 0 aromatic heterocycles. The van der Waals surface area contributed by atoms with E-state index in [1.54, 1.807) is 0 Å². The summed E-state index contributed by atoms with van der Waals surface area (Å²) < 4.78 is 0. The number of carbonyl (C=O) groups is 1. The number of hydrogen-bond donors (Lipinski definition) is 4. The van der Waals surface area contributed by atoms with Crippen LogP contribution in [0.25, 0.3) is 10.8 Å². The lowest BCUT2D eigenvalue weighted by atomic mass is 9.84. The first-order valence-corrected chi connectivity index (χ1v) is 15.9. The second-order valence-electron chi connectivity index (χ2n) is 12.7. The Hall–Kier alpha value is -2.60. The second kappa shape index (κ2) is 12.7. The zero-order valence-electron chi connectivity index (χ0n) is 23.6. The molecule has 2 saturated carbocycles. The topological polar surface area (TPSA) is 70.4 Å². The SMILES string of the molecule is O=C(NC1CN2CCC1CC2)[C@H](Cc1ccc2ccccc2c1)NC(NC1CCCCC1)=[NH+]C1CCCCC1. The Morgan fingerprint density at radius 1 is 0.846 bits per heavy atom. The van der Waals surface area contributed by atoms with Gasteiger partial charge in [0.05, 0.1) is 12.1 Å². The average molecular weight is 531 g/mol. The molecule has 2 atom stereocenters. The zero-order chi connectivity index (χ0) is 26.4. The number of benzene rings is 2. The summed E-state index contributed by atoms with van der Waals surface area (Å²) in [5, 5.41) is 13.6. The first-order valence-electron chi connectivity index (χ1n) is 15.9. The molecule has 5 aliphatic rings.